The molecule has 1 aromatic carbocycles. The van der Waals surface area contributed by atoms with Gasteiger partial charge < -0.3 is 10.2 Å². The summed E-state index contributed by atoms with van der Waals surface area (Å²) in [4.78, 5) is 2.48. The van der Waals surface area contributed by atoms with Crippen molar-refractivity contribution in [2.24, 2.45) is 0 Å². The van der Waals surface area contributed by atoms with Crippen LogP contribution in [0.3, 0.4) is 0 Å². The monoisotopic (exact) mass is 276 g/mol. The second-order valence-electron chi connectivity index (χ2n) is 6.05. The van der Waals surface area contributed by atoms with E-state index < -0.39 is 0 Å². The van der Waals surface area contributed by atoms with Crippen LogP contribution in [0.15, 0.2) is 18.2 Å². The molecule has 2 unspecified atom stereocenters. The average Bonchev–Trinajstić information content (AvgIpc) is 2.38. The minimum absolute atomic E-state index is 0.421. The molecule has 114 valence electrons. The van der Waals surface area contributed by atoms with Gasteiger partial charge in [0, 0.05) is 18.6 Å². The van der Waals surface area contributed by atoms with Crippen LogP contribution in [0.4, 0.5) is 0 Å². The summed E-state index contributed by atoms with van der Waals surface area (Å²) < 4.78 is 0. The van der Waals surface area contributed by atoms with Crippen molar-refractivity contribution in [3.63, 3.8) is 0 Å². The molecule has 1 rings (SSSR count). The zero-order valence-electron chi connectivity index (χ0n) is 14.2. The van der Waals surface area contributed by atoms with E-state index in [1.165, 1.54) is 29.5 Å². The number of likely N-dealkylation sites (N-methyl/N-ethyl adjacent to an activating group) is 2. The van der Waals surface area contributed by atoms with Crippen LogP contribution in [-0.4, -0.2) is 31.1 Å². The highest BCUT2D eigenvalue weighted by atomic mass is 15.1. The molecule has 0 heterocycles. The first-order chi connectivity index (χ1) is 9.49. The van der Waals surface area contributed by atoms with Crippen molar-refractivity contribution in [1.29, 1.82) is 0 Å². The van der Waals surface area contributed by atoms with Gasteiger partial charge in [-0.3, -0.25) is 0 Å². The summed E-state index contributed by atoms with van der Waals surface area (Å²) in [5.41, 5.74) is 4.18. The van der Waals surface area contributed by atoms with Gasteiger partial charge in [-0.1, -0.05) is 44.0 Å². The Morgan fingerprint density at radius 3 is 2.45 bits per heavy atom. The van der Waals surface area contributed by atoms with Crippen LogP contribution in [0.5, 0.6) is 0 Å². The van der Waals surface area contributed by atoms with Gasteiger partial charge in [0.1, 0.15) is 0 Å². The summed E-state index contributed by atoms with van der Waals surface area (Å²) in [7, 11) is 2.24. The lowest BCUT2D eigenvalue weighted by Gasteiger charge is -2.30. The van der Waals surface area contributed by atoms with Gasteiger partial charge in [-0.2, -0.15) is 0 Å². The highest BCUT2D eigenvalue weighted by Crippen LogP contribution is 2.21. The third-order valence-corrected chi connectivity index (χ3v) is 4.18. The Kier molecular flexibility index (Phi) is 7.25. The summed E-state index contributed by atoms with van der Waals surface area (Å²) >= 11 is 0. The molecule has 1 aromatic rings. The molecule has 0 aromatic heterocycles. The van der Waals surface area contributed by atoms with E-state index in [9.17, 15) is 0 Å². The Hall–Kier alpha value is -0.860. The van der Waals surface area contributed by atoms with Gasteiger partial charge >= 0.3 is 0 Å². The predicted molar refractivity (Wildman–Crippen MR) is 89.3 cm³/mol. The fourth-order valence-corrected chi connectivity index (χ4v) is 2.84. The minimum Gasteiger partial charge on any atom is -0.309 e. The number of rotatable bonds is 8. The van der Waals surface area contributed by atoms with Gasteiger partial charge in [0.2, 0.25) is 0 Å². The molecule has 0 saturated heterocycles. The molecule has 2 heteroatoms. The normalized spacial score (nSPS) is 14.6. The number of hydrogen-bond acceptors (Lipinski definition) is 2. The second-order valence-corrected chi connectivity index (χ2v) is 6.05. The van der Waals surface area contributed by atoms with Crippen LogP contribution >= 0.6 is 0 Å². The molecule has 20 heavy (non-hydrogen) atoms. The van der Waals surface area contributed by atoms with Crippen molar-refractivity contribution >= 4 is 0 Å². The van der Waals surface area contributed by atoms with Gasteiger partial charge in [0.25, 0.3) is 0 Å². The molecule has 0 aliphatic carbocycles. The summed E-state index contributed by atoms with van der Waals surface area (Å²) in [5.74, 6) is 0. The van der Waals surface area contributed by atoms with E-state index in [-0.39, 0.29) is 0 Å². The Balaban J connectivity index is 2.83. The fraction of sp³-hybridized carbons (Fsp3) is 0.667. The van der Waals surface area contributed by atoms with E-state index in [1.807, 2.05) is 0 Å². The molecule has 1 N–H and O–H groups in total. The number of nitrogens with zero attached hydrogens (tertiary/aromatic N) is 1. The molecule has 2 atom stereocenters. The van der Waals surface area contributed by atoms with Crippen molar-refractivity contribution < 1.29 is 0 Å². The first-order valence-corrected chi connectivity index (χ1v) is 8.00. The summed E-state index contributed by atoms with van der Waals surface area (Å²) in [5, 5.41) is 3.65. The van der Waals surface area contributed by atoms with Crippen LogP contribution in [0.25, 0.3) is 0 Å². The van der Waals surface area contributed by atoms with Gasteiger partial charge in [-0.25, -0.2) is 0 Å². The molecule has 0 amide bonds. The Morgan fingerprint density at radius 2 is 1.90 bits per heavy atom. The van der Waals surface area contributed by atoms with Crippen LogP contribution < -0.4 is 5.32 Å². The van der Waals surface area contributed by atoms with Crippen molar-refractivity contribution in [3.8, 4) is 0 Å². The van der Waals surface area contributed by atoms with Gasteiger partial charge in [0.05, 0.1) is 0 Å². The highest BCUT2D eigenvalue weighted by Gasteiger charge is 2.17. The predicted octanol–water partition coefficient (Wildman–Crippen LogP) is 4.07. The lowest BCUT2D eigenvalue weighted by Crippen LogP contribution is -2.38. The molecule has 0 spiro atoms. The van der Waals surface area contributed by atoms with Gasteiger partial charge in [0.15, 0.2) is 0 Å². The van der Waals surface area contributed by atoms with Crippen LogP contribution in [-0.2, 0) is 0 Å². The summed E-state index contributed by atoms with van der Waals surface area (Å²) in [6, 6.07) is 7.87. The first-order valence-electron chi connectivity index (χ1n) is 8.00. The molecule has 0 radical (unpaired) electrons. The van der Waals surface area contributed by atoms with Crippen molar-refractivity contribution in [2.75, 3.05) is 20.1 Å². The van der Waals surface area contributed by atoms with Gasteiger partial charge in [-0.05, 0) is 51.9 Å². The van der Waals surface area contributed by atoms with Crippen molar-refractivity contribution in [1.82, 2.24) is 10.2 Å². The Morgan fingerprint density at radius 1 is 1.20 bits per heavy atom. The molecule has 0 bridgehead atoms. The van der Waals surface area contributed by atoms with Gasteiger partial charge in [-0.15, -0.1) is 0 Å². The SMILES string of the molecule is CCCC(C)N(C)CC(NCC)c1ccc(C)cc1C. The van der Waals surface area contributed by atoms with E-state index >= 15 is 0 Å². The topological polar surface area (TPSA) is 15.3 Å². The molecular weight excluding hydrogens is 244 g/mol. The highest BCUT2D eigenvalue weighted by molar-refractivity contribution is 5.33. The zero-order valence-corrected chi connectivity index (χ0v) is 14.2. The average molecular weight is 276 g/mol. The van der Waals surface area contributed by atoms with E-state index in [2.05, 4.69) is 70.1 Å². The standard InChI is InChI=1S/C18H32N2/c1-7-9-16(5)20(6)13-18(19-8-2)17-11-10-14(3)12-15(17)4/h10-12,16,18-19H,7-9,13H2,1-6H3. The first kappa shape index (κ1) is 17.2. The lowest BCUT2D eigenvalue weighted by molar-refractivity contribution is 0.219. The van der Waals surface area contributed by atoms with E-state index in [4.69, 9.17) is 0 Å². The second kappa shape index (κ2) is 8.43. The maximum atomic E-state index is 3.65. The fourth-order valence-electron chi connectivity index (χ4n) is 2.84. The number of aryl methyl sites for hydroxylation is 2. The minimum atomic E-state index is 0.421. The molecule has 0 aliphatic rings. The molecule has 0 aliphatic heterocycles. The number of benzene rings is 1. The molecule has 2 nitrogen and oxygen atoms in total. The molecule has 0 fully saturated rings. The number of nitrogens with one attached hydrogen (secondary N) is 1. The van der Waals surface area contributed by atoms with E-state index in [0.29, 0.717) is 12.1 Å². The van der Waals surface area contributed by atoms with Crippen LogP contribution in [0.2, 0.25) is 0 Å². The summed E-state index contributed by atoms with van der Waals surface area (Å²) in [6.45, 7) is 13.2. The van der Waals surface area contributed by atoms with E-state index in [0.717, 1.165) is 13.1 Å². The van der Waals surface area contributed by atoms with Crippen LogP contribution in [0, 0.1) is 13.8 Å². The summed E-state index contributed by atoms with van der Waals surface area (Å²) in [6.07, 6.45) is 2.52. The lowest BCUT2D eigenvalue weighted by atomic mass is 9.98. The Bertz CT molecular complexity index is 400. The van der Waals surface area contributed by atoms with Crippen molar-refractivity contribution in [2.45, 2.75) is 59.5 Å². The molecule has 0 saturated carbocycles. The van der Waals surface area contributed by atoms with Crippen molar-refractivity contribution in [3.05, 3.63) is 34.9 Å². The zero-order chi connectivity index (χ0) is 15.1. The molecular formula is C18H32N2. The number of hydrogen-bond donors (Lipinski definition) is 1. The quantitative estimate of drug-likeness (QED) is 0.770. The largest absolute Gasteiger partial charge is 0.309 e. The van der Waals surface area contributed by atoms with E-state index in [1.54, 1.807) is 0 Å². The smallest absolute Gasteiger partial charge is 0.0451 e. The van der Waals surface area contributed by atoms with Crippen LogP contribution in [0.1, 0.15) is 56.3 Å². The third-order valence-electron chi connectivity index (χ3n) is 4.18. The third kappa shape index (κ3) is 4.92. The maximum absolute atomic E-state index is 3.65. The Labute approximate surface area is 125 Å². The maximum Gasteiger partial charge on any atom is 0.0451 e.